The smallest absolute Gasteiger partial charge is 0.227 e. The van der Waals surface area contributed by atoms with Gasteiger partial charge in [0.1, 0.15) is 0 Å². The summed E-state index contributed by atoms with van der Waals surface area (Å²) in [6.45, 7) is 13.7. The van der Waals surface area contributed by atoms with Gasteiger partial charge in [-0.15, -0.1) is 11.7 Å². The van der Waals surface area contributed by atoms with Crippen LogP contribution in [0.3, 0.4) is 0 Å². The molecule has 25 heavy (non-hydrogen) atoms. The van der Waals surface area contributed by atoms with E-state index in [0.717, 1.165) is 38.2 Å². The van der Waals surface area contributed by atoms with Gasteiger partial charge in [0, 0.05) is 37.8 Å². The minimum atomic E-state index is 0.0252. The molecule has 3 aliphatic heterocycles. The summed E-state index contributed by atoms with van der Waals surface area (Å²) in [5.41, 5.74) is 1.06. The van der Waals surface area contributed by atoms with Gasteiger partial charge in [-0.3, -0.25) is 14.4 Å². The maximum atomic E-state index is 12.7. The molecule has 0 radical (unpaired) electrons. The van der Waals surface area contributed by atoms with Crippen molar-refractivity contribution in [1.82, 2.24) is 24.8 Å². The Morgan fingerprint density at radius 1 is 1.48 bits per heavy atom. The standard InChI is InChI=1S/C19H31N5O/c1-6-8-22(5)18(25)16-12-23-9-7-14(16)10-15(23)11-24-13-17(20-21-24)19(2,3)4/h6,13-16H,1,7-12H2,2-5H3/t14-,15-,16+/m1/s1. The van der Waals surface area contributed by atoms with E-state index in [1.165, 1.54) is 0 Å². The fraction of sp³-hybridized carbons (Fsp3) is 0.737. The Balaban J connectivity index is 1.63. The van der Waals surface area contributed by atoms with E-state index in [0.29, 0.717) is 18.5 Å². The molecule has 0 aromatic carbocycles. The van der Waals surface area contributed by atoms with Crippen molar-refractivity contribution >= 4 is 5.91 Å². The largest absolute Gasteiger partial charge is 0.342 e. The van der Waals surface area contributed by atoms with Crippen molar-refractivity contribution in [2.75, 3.05) is 26.7 Å². The molecule has 1 aromatic heterocycles. The molecule has 4 atom stereocenters. The fourth-order valence-electron chi connectivity index (χ4n) is 4.12. The van der Waals surface area contributed by atoms with E-state index in [9.17, 15) is 4.79 Å². The van der Waals surface area contributed by atoms with Crippen molar-refractivity contribution in [2.24, 2.45) is 11.8 Å². The van der Waals surface area contributed by atoms with Crippen LogP contribution in [0.5, 0.6) is 0 Å². The molecular formula is C19H31N5O. The lowest BCUT2D eigenvalue weighted by molar-refractivity contribution is -0.142. The summed E-state index contributed by atoms with van der Waals surface area (Å²) in [5.74, 6) is 0.889. The van der Waals surface area contributed by atoms with Crippen LogP contribution in [-0.4, -0.2) is 63.4 Å². The third-order valence-electron chi connectivity index (χ3n) is 5.68. The van der Waals surface area contributed by atoms with Gasteiger partial charge in [0.15, 0.2) is 0 Å². The Bertz CT molecular complexity index is 632. The van der Waals surface area contributed by atoms with Gasteiger partial charge in [0.05, 0.1) is 18.2 Å². The van der Waals surface area contributed by atoms with Gasteiger partial charge in [-0.25, -0.2) is 0 Å². The molecule has 0 spiro atoms. The van der Waals surface area contributed by atoms with E-state index >= 15 is 0 Å². The number of amides is 1. The molecule has 3 aliphatic rings. The van der Waals surface area contributed by atoms with Crippen molar-refractivity contribution in [3.05, 3.63) is 24.5 Å². The Kier molecular flexibility index (Phi) is 5.00. The highest BCUT2D eigenvalue weighted by Gasteiger charge is 2.44. The normalized spacial score (nSPS) is 28.8. The Morgan fingerprint density at radius 3 is 2.80 bits per heavy atom. The molecule has 0 saturated carbocycles. The molecule has 6 nitrogen and oxygen atoms in total. The summed E-state index contributed by atoms with van der Waals surface area (Å²) in [6, 6.07) is 0.460. The number of hydrogen-bond donors (Lipinski definition) is 0. The zero-order valence-corrected chi connectivity index (χ0v) is 16.0. The third-order valence-corrected chi connectivity index (χ3v) is 5.68. The molecule has 1 unspecified atom stereocenters. The quantitative estimate of drug-likeness (QED) is 0.765. The lowest BCUT2D eigenvalue weighted by atomic mass is 9.75. The van der Waals surface area contributed by atoms with E-state index in [1.54, 1.807) is 6.08 Å². The zero-order valence-electron chi connectivity index (χ0n) is 16.0. The second-order valence-electron chi connectivity index (χ2n) is 8.62. The van der Waals surface area contributed by atoms with Crippen molar-refractivity contribution in [3.63, 3.8) is 0 Å². The van der Waals surface area contributed by atoms with Gasteiger partial charge in [-0.05, 0) is 25.3 Å². The predicted octanol–water partition coefficient (Wildman–Crippen LogP) is 1.93. The number of piperidine rings is 3. The topological polar surface area (TPSA) is 54.3 Å². The van der Waals surface area contributed by atoms with Crippen LogP contribution < -0.4 is 0 Å². The molecule has 138 valence electrons. The Hall–Kier alpha value is -1.69. The van der Waals surface area contributed by atoms with Gasteiger partial charge in [-0.1, -0.05) is 32.1 Å². The summed E-state index contributed by atoms with van der Waals surface area (Å²) in [5, 5.41) is 8.65. The van der Waals surface area contributed by atoms with Crippen LogP contribution in [0.2, 0.25) is 0 Å². The molecule has 3 fully saturated rings. The number of aromatic nitrogens is 3. The molecule has 2 bridgehead atoms. The van der Waals surface area contributed by atoms with Crippen molar-refractivity contribution in [1.29, 1.82) is 0 Å². The highest BCUT2D eigenvalue weighted by molar-refractivity contribution is 5.79. The van der Waals surface area contributed by atoms with Crippen LogP contribution in [0.1, 0.15) is 39.3 Å². The molecule has 4 heterocycles. The van der Waals surface area contributed by atoms with Crippen LogP contribution in [0, 0.1) is 11.8 Å². The van der Waals surface area contributed by atoms with Crippen LogP contribution in [0.25, 0.3) is 0 Å². The predicted molar refractivity (Wildman–Crippen MR) is 98.1 cm³/mol. The first-order chi connectivity index (χ1) is 11.8. The Labute approximate surface area is 150 Å². The molecule has 1 amide bonds. The minimum absolute atomic E-state index is 0.0252. The average Bonchev–Trinajstić information content (AvgIpc) is 3.04. The summed E-state index contributed by atoms with van der Waals surface area (Å²) >= 11 is 0. The lowest BCUT2D eigenvalue weighted by Gasteiger charge is -2.49. The number of likely N-dealkylation sites (N-methyl/N-ethyl adjacent to an activating group) is 1. The molecule has 0 N–H and O–H groups in total. The molecule has 1 aromatic rings. The number of carbonyl (C=O) groups excluding carboxylic acids is 1. The lowest BCUT2D eigenvalue weighted by Crippen LogP contribution is -2.58. The monoisotopic (exact) mass is 345 g/mol. The maximum Gasteiger partial charge on any atom is 0.227 e. The molecule has 4 rings (SSSR count). The van der Waals surface area contributed by atoms with Gasteiger partial charge in [0.25, 0.3) is 0 Å². The number of nitrogens with zero attached hydrogens (tertiary/aromatic N) is 5. The summed E-state index contributed by atoms with van der Waals surface area (Å²) in [4.78, 5) is 17.0. The first-order valence-corrected chi connectivity index (χ1v) is 9.30. The summed E-state index contributed by atoms with van der Waals surface area (Å²) < 4.78 is 1.98. The first-order valence-electron chi connectivity index (χ1n) is 9.30. The van der Waals surface area contributed by atoms with E-state index < -0.39 is 0 Å². The second-order valence-corrected chi connectivity index (χ2v) is 8.62. The minimum Gasteiger partial charge on any atom is -0.342 e. The van der Waals surface area contributed by atoms with Crippen LogP contribution >= 0.6 is 0 Å². The van der Waals surface area contributed by atoms with E-state index in [4.69, 9.17) is 0 Å². The fourth-order valence-corrected chi connectivity index (χ4v) is 4.12. The second kappa shape index (κ2) is 6.90. The zero-order chi connectivity index (χ0) is 18.2. The summed E-state index contributed by atoms with van der Waals surface area (Å²) in [6.07, 6.45) is 6.06. The maximum absolute atomic E-state index is 12.7. The summed E-state index contributed by atoms with van der Waals surface area (Å²) in [7, 11) is 1.88. The average molecular weight is 345 g/mol. The molecule has 3 saturated heterocycles. The highest BCUT2D eigenvalue weighted by atomic mass is 16.2. The molecule has 0 aliphatic carbocycles. The highest BCUT2D eigenvalue weighted by Crippen LogP contribution is 2.37. The number of fused-ring (bicyclic) bond motifs is 3. The van der Waals surface area contributed by atoms with Crippen LogP contribution in [0.15, 0.2) is 18.9 Å². The van der Waals surface area contributed by atoms with E-state index in [1.807, 2.05) is 16.6 Å². The number of carbonyl (C=O) groups is 1. The molecule has 6 heteroatoms. The SMILES string of the molecule is C=CCN(C)C(=O)[C@H]1CN2CC[C@@H]1C[C@@H]2Cn1cc(C(C)(C)C)nn1. The number of hydrogen-bond acceptors (Lipinski definition) is 4. The van der Waals surface area contributed by atoms with Gasteiger partial charge in [-0.2, -0.15) is 0 Å². The van der Waals surface area contributed by atoms with Crippen LogP contribution in [-0.2, 0) is 16.8 Å². The van der Waals surface area contributed by atoms with Crippen molar-refractivity contribution in [2.45, 2.75) is 51.6 Å². The van der Waals surface area contributed by atoms with Gasteiger partial charge in [0.2, 0.25) is 5.91 Å². The van der Waals surface area contributed by atoms with Crippen molar-refractivity contribution < 1.29 is 4.79 Å². The van der Waals surface area contributed by atoms with E-state index in [2.05, 4.69) is 48.8 Å². The van der Waals surface area contributed by atoms with Gasteiger partial charge < -0.3 is 4.90 Å². The molecular weight excluding hydrogens is 314 g/mol. The van der Waals surface area contributed by atoms with Gasteiger partial charge >= 0.3 is 0 Å². The van der Waals surface area contributed by atoms with Crippen molar-refractivity contribution in [3.8, 4) is 0 Å². The Morgan fingerprint density at radius 2 is 2.24 bits per heavy atom. The van der Waals surface area contributed by atoms with Crippen LogP contribution in [0.4, 0.5) is 0 Å². The van der Waals surface area contributed by atoms with E-state index in [-0.39, 0.29) is 17.2 Å². The number of rotatable bonds is 5. The third kappa shape index (κ3) is 3.78. The first kappa shape index (κ1) is 18.1.